The first kappa shape index (κ1) is 35.3. The maximum atomic E-state index is 13.0. The van der Waals surface area contributed by atoms with Crippen molar-refractivity contribution in [1.29, 1.82) is 0 Å². The van der Waals surface area contributed by atoms with Gasteiger partial charge in [-0.2, -0.15) is 0 Å². The number of carbonyl (C=O) groups is 2. The monoisotopic (exact) mass is 724 g/mol. The van der Waals surface area contributed by atoms with Crippen molar-refractivity contribution in [3.8, 4) is 11.1 Å². The standard InChI is InChI=1S/C43H40N4O7/c48-28-29-8-10-32(11-9-29)40-25-37(27-44-20-22-45(23-21-44)35-16-18-36(19-17-35)47(51)52)53-43(54-40)33-14-12-31(13-15-33)34-5-3-4-30(24-34)26-46-41(49)38-6-1-2-7-39(38)42(46)50/h1-19,24,37,40,43,48H,20-23,25-28H2/t37-,40+,43+/m1/s1. The third-order valence-electron chi connectivity index (χ3n) is 10.5. The third-order valence-corrected chi connectivity index (χ3v) is 10.5. The van der Waals surface area contributed by atoms with Crippen molar-refractivity contribution in [2.75, 3.05) is 37.6 Å². The van der Waals surface area contributed by atoms with E-state index in [1.54, 1.807) is 36.4 Å². The summed E-state index contributed by atoms with van der Waals surface area (Å²) in [5, 5.41) is 20.7. The highest BCUT2D eigenvalue weighted by atomic mass is 16.7. The summed E-state index contributed by atoms with van der Waals surface area (Å²) in [6.07, 6.45) is -0.228. The number of rotatable bonds is 10. The molecule has 5 aromatic rings. The molecule has 0 aliphatic carbocycles. The van der Waals surface area contributed by atoms with E-state index in [1.165, 1.54) is 4.90 Å². The van der Waals surface area contributed by atoms with Crippen LogP contribution in [-0.4, -0.2) is 70.5 Å². The van der Waals surface area contributed by atoms with E-state index in [0.717, 1.165) is 71.8 Å². The van der Waals surface area contributed by atoms with E-state index in [2.05, 4.69) is 9.80 Å². The Bertz CT molecular complexity index is 2110. The van der Waals surface area contributed by atoms with E-state index in [4.69, 9.17) is 9.47 Å². The van der Waals surface area contributed by atoms with Gasteiger partial charge in [-0.15, -0.1) is 0 Å². The van der Waals surface area contributed by atoms with Crippen molar-refractivity contribution >= 4 is 23.2 Å². The Labute approximate surface area is 313 Å². The third kappa shape index (κ3) is 7.39. The summed E-state index contributed by atoms with van der Waals surface area (Å²) < 4.78 is 13.3. The first-order chi connectivity index (χ1) is 26.3. The number of non-ortho nitro benzene ring substituents is 1. The summed E-state index contributed by atoms with van der Waals surface area (Å²) in [6.45, 7) is 4.17. The summed E-state index contributed by atoms with van der Waals surface area (Å²) in [5.74, 6) is -0.549. The van der Waals surface area contributed by atoms with Gasteiger partial charge in [0, 0.05) is 62.5 Å². The molecule has 3 atom stereocenters. The SMILES string of the molecule is O=C1c2ccccc2C(=O)N1Cc1cccc(-c2ccc([C@H]3O[C@@H](CN4CCN(c5ccc([N+](=O)[O-])cc5)CC4)C[C@@H](c4ccc(CO)cc4)O3)cc2)c1. The van der Waals surface area contributed by atoms with Gasteiger partial charge in [0.2, 0.25) is 0 Å². The number of aliphatic hydroxyl groups is 1. The normalized spacial score (nSPS) is 20.3. The molecule has 3 heterocycles. The van der Waals surface area contributed by atoms with Gasteiger partial charge in [0.15, 0.2) is 6.29 Å². The zero-order valence-corrected chi connectivity index (χ0v) is 29.6. The number of anilines is 1. The maximum Gasteiger partial charge on any atom is 0.269 e. The molecule has 0 saturated carbocycles. The highest BCUT2D eigenvalue weighted by molar-refractivity contribution is 6.21. The summed E-state index contributed by atoms with van der Waals surface area (Å²) >= 11 is 0. The number of nitro benzene ring substituents is 1. The second-order valence-corrected chi connectivity index (χ2v) is 14.0. The Morgan fingerprint density at radius 3 is 2.02 bits per heavy atom. The molecule has 3 aliphatic rings. The number of piperazine rings is 1. The van der Waals surface area contributed by atoms with Crippen LogP contribution in [0.15, 0.2) is 121 Å². The van der Waals surface area contributed by atoms with Gasteiger partial charge in [0.25, 0.3) is 17.5 Å². The lowest BCUT2D eigenvalue weighted by Gasteiger charge is -2.41. The topological polar surface area (TPSA) is 126 Å². The number of hydrogen-bond acceptors (Lipinski definition) is 9. The molecule has 2 fully saturated rings. The summed E-state index contributed by atoms with van der Waals surface area (Å²) in [5.41, 5.74) is 7.52. The van der Waals surface area contributed by atoms with E-state index in [1.807, 2.05) is 84.9 Å². The van der Waals surface area contributed by atoms with Gasteiger partial charge in [-0.3, -0.25) is 29.5 Å². The van der Waals surface area contributed by atoms with Gasteiger partial charge in [0.05, 0.1) is 41.4 Å². The average molecular weight is 725 g/mol. The molecule has 2 amide bonds. The Morgan fingerprint density at radius 2 is 1.37 bits per heavy atom. The Balaban J connectivity index is 0.954. The second-order valence-electron chi connectivity index (χ2n) is 14.0. The largest absolute Gasteiger partial charge is 0.392 e. The highest BCUT2D eigenvalue weighted by Crippen LogP contribution is 2.39. The molecule has 5 aromatic carbocycles. The smallest absolute Gasteiger partial charge is 0.269 e. The minimum Gasteiger partial charge on any atom is -0.392 e. The molecule has 0 bridgehead atoms. The first-order valence-corrected chi connectivity index (χ1v) is 18.2. The molecule has 274 valence electrons. The van der Waals surface area contributed by atoms with Crippen molar-refractivity contribution in [1.82, 2.24) is 9.80 Å². The van der Waals surface area contributed by atoms with Gasteiger partial charge in [0.1, 0.15) is 0 Å². The molecule has 1 N–H and O–H groups in total. The van der Waals surface area contributed by atoms with Crippen LogP contribution in [-0.2, 0) is 22.6 Å². The fraction of sp³-hybridized carbons (Fsp3) is 0.256. The van der Waals surface area contributed by atoms with E-state index < -0.39 is 6.29 Å². The molecule has 2 saturated heterocycles. The number of hydrogen-bond donors (Lipinski definition) is 1. The van der Waals surface area contributed by atoms with Crippen LogP contribution < -0.4 is 4.90 Å². The van der Waals surface area contributed by atoms with Crippen LogP contribution >= 0.6 is 0 Å². The molecule has 8 rings (SSSR count). The quantitative estimate of drug-likeness (QED) is 0.0929. The molecular weight excluding hydrogens is 684 g/mol. The zero-order valence-electron chi connectivity index (χ0n) is 29.6. The van der Waals surface area contributed by atoms with E-state index in [9.17, 15) is 24.8 Å². The van der Waals surface area contributed by atoms with Gasteiger partial charge in [-0.25, -0.2) is 0 Å². The second kappa shape index (κ2) is 15.3. The van der Waals surface area contributed by atoms with Crippen LogP contribution in [0.2, 0.25) is 0 Å². The lowest BCUT2D eigenvalue weighted by atomic mass is 9.98. The van der Waals surface area contributed by atoms with Crippen LogP contribution in [0, 0.1) is 10.1 Å². The fourth-order valence-electron chi connectivity index (χ4n) is 7.54. The number of amides is 2. The molecule has 0 spiro atoms. The van der Waals surface area contributed by atoms with Gasteiger partial charge in [-0.1, -0.05) is 78.9 Å². The fourth-order valence-corrected chi connectivity index (χ4v) is 7.54. The summed E-state index contributed by atoms with van der Waals surface area (Å²) in [6, 6.07) is 37.5. The molecule has 11 nitrogen and oxygen atoms in total. The average Bonchev–Trinajstić information content (AvgIpc) is 3.46. The minimum atomic E-state index is -0.595. The number of nitro groups is 1. The van der Waals surface area contributed by atoms with Crippen LogP contribution in [0.3, 0.4) is 0 Å². The number of fused-ring (bicyclic) bond motifs is 1. The number of imide groups is 1. The van der Waals surface area contributed by atoms with Crippen molar-refractivity contribution in [3.63, 3.8) is 0 Å². The highest BCUT2D eigenvalue weighted by Gasteiger charge is 2.36. The van der Waals surface area contributed by atoms with Gasteiger partial charge >= 0.3 is 0 Å². The Hall–Kier alpha value is -5.72. The van der Waals surface area contributed by atoms with Crippen LogP contribution in [0.25, 0.3) is 11.1 Å². The van der Waals surface area contributed by atoms with E-state index >= 15 is 0 Å². The van der Waals surface area contributed by atoms with Crippen LogP contribution in [0.4, 0.5) is 11.4 Å². The van der Waals surface area contributed by atoms with E-state index in [0.29, 0.717) is 17.5 Å². The maximum absolute atomic E-state index is 13.0. The zero-order chi connectivity index (χ0) is 37.2. The number of carbonyl (C=O) groups excluding carboxylic acids is 2. The first-order valence-electron chi connectivity index (χ1n) is 18.2. The number of nitrogens with zero attached hydrogens (tertiary/aromatic N) is 4. The molecule has 0 radical (unpaired) electrons. The molecule has 0 aromatic heterocycles. The van der Waals surface area contributed by atoms with Crippen molar-refractivity contribution < 1.29 is 29.1 Å². The van der Waals surface area contributed by atoms with Crippen LogP contribution in [0.1, 0.15) is 61.8 Å². The van der Waals surface area contributed by atoms with E-state index in [-0.39, 0.29) is 47.8 Å². The molecule has 54 heavy (non-hydrogen) atoms. The number of ether oxygens (including phenoxy) is 2. The molecular formula is C43H40N4O7. The van der Waals surface area contributed by atoms with Crippen molar-refractivity contribution in [2.45, 2.75) is 38.1 Å². The molecule has 0 unspecified atom stereocenters. The van der Waals surface area contributed by atoms with Gasteiger partial charge < -0.3 is 19.5 Å². The van der Waals surface area contributed by atoms with Crippen LogP contribution in [0.5, 0.6) is 0 Å². The Morgan fingerprint density at radius 1 is 0.704 bits per heavy atom. The minimum absolute atomic E-state index is 0.0238. The van der Waals surface area contributed by atoms with Crippen molar-refractivity contribution in [3.05, 3.63) is 165 Å². The number of aliphatic hydroxyl groups excluding tert-OH is 1. The predicted molar refractivity (Wildman–Crippen MR) is 203 cm³/mol. The molecule has 11 heteroatoms. The summed E-state index contributed by atoms with van der Waals surface area (Å²) in [7, 11) is 0. The molecule has 3 aliphatic heterocycles. The van der Waals surface area contributed by atoms with Crippen molar-refractivity contribution in [2.24, 2.45) is 0 Å². The summed E-state index contributed by atoms with van der Waals surface area (Å²) in [4.78, 5) is 42.6. The lowest BCUT2D eigenvalue weighted by molar-refractivity contribution is -0.384. The lowest BCUT2D eigenvalue weighted by Crippen LogP contribution is -2.49. The number of benzene rings is 5. The van der Waals surface area contributed by atoms with Gasteiger partial charge in [-0.05, 0) is 58.1 Å². The predicted octanol–water partition coefficient (Wildman–Crippen LogP) is 6.92. The Kier molecular flexibility index (Phi) is 10.0.